The number of carbonyl (C=O) groups excluding carboxylic acids is 1. The number of aromatic nitrogens is 3. The van der Waals surface area contributed by atoms with E-state index in [-0.39, 0.29) is 11.6 Å². The van der Waals surface area contributed by atoms with E-state index in [0.717, 1.165) is 18.5 Å². The number of benzene rings is 1. The van der Waals surface area contributed by atoms with E-state index >= 15 is 0 Å². The summed E-state index contributed by atoms with van der Waals surface area (Å²) in [6.07, 6.45) is 3.60. The van der Waals surface area contributed by atoms with Gasteiger partial charge in [0.2, 0.25) is 5.95 Å². The molecule has 0 fully saturated rings. The van der Waals surface area contributed by atoms with Gasteiger partial charge in [0.1, 0.15) is 18.2 Å². The Hall–Kier alpha value is -2.50. The van der Waals surface area contributed by atoms with Gasteiger partial charge >= 0.3 is 0 Å². The molecule has 21 heavy (non-hydrogen) atoms. The van der Waals surface area contributed by atoms with Crippen LogP contribution in [0.3, 0.4) is 0 Å². The van der Waals surface area contributed by atoms with Gasteiger partial charge < -0.3 is 5.32 Å². The third-order valence-corrected chi connectivity index (χ3v) is 3.97. The van der Waals surface area contributed by atoms with Gasteiger partial charge in [-0.3, -0.25) is 4.79 Å². The highest BCUT2D eigenvalue weighted by atomic mass is 19.1. The lowest BCUT2D eigenvalue weighted by atomic mass is 9.85. The molecule has 1 unspecified atom stereocenters. The van der Waals surface area contributed by atoms with Crippen LogP contribution < -0.4 is 5.32 Å². The van der Waals surface area contributed by atoms with E-state index in [2.05, 4.69) is 15.4 Å². The highest BCUT2D eigenvalue weighted by Crippen LogP contribution is 2.39. The van der Waals surface area contributed by atoms with Crippen LogP contribution in [0.25, 0.3) is 0 Å². The van der Waals surface area contributed by atoms with Crippen molar-refractivity contribution in [1.29, 1.82) is 0 Å². The van der Waals surface area contributed by atoms with E-state index in [4.69, 9.17) is 0 Å². The van der Waals surface area contributed by atoms with Crippen LogP contribution in [0.15, 0.2) is 41.9 Å². The molecule has 0 saturated carbocycles. The normalized spacial score (nSPS) is 20.8. The van der Waals surface area contributed by atoms with Crippen molar-refractivity contribution in [3.63, 3.8) is 0 Å². The number of hydrogen-bond acceptors (Lipinski definition) is 4. The number of fused-ring (bicyclic) bond motifs is 1. The second kappa shape index (κ2) is 4.51. The van der Waals surface area contributed by atoms with E-state index in [0.29, 0.717) is 23.5 Å². The van der Waals surface area contributed by atoms with Crippen molar-refractivity contribution in [2.24, 2.45) is 0 Å². The number of rotatable bonds is 1. The Morgan fingerprint density at radius 3 is 3.10 bits per heavy atom. The predicted molar refractivity (Wildman–Crippen MR) is 74.1 cm³/mol. The maximum Gasteiger partial charge on any atom is 0.226 e. The second-order valence-corrected chi connectivity index (χ2v) is 5.28. The molecule has 2 aliphatic rings. The number of allylic oxidation sites excluding steroid dienone is 2. The van der Waals surface area contributed by atoms with E-state index in [9.17, 15) is 9.18 Å². The maximum absolute atomic E-state index is 13.6. The zero-order valence-electron chi connectivity index (χ0n) is 11.2. The molecule has 0 bridgehead atoms. The summed E-state index contributed by atoms with van der Waals surface area (Å²) in [6, 6.07) is 5.91. The molecule has 1 aromatic heterocycles. The topological polar surface area (TPSA) is 59.8 Å². The summed E-state index contributed by atoms with van der Waals surface area (Å²) in [5, 5.41) is 7.38. The number of Topliss-reactive ketones (excluding diaryl/α,β-unsaturated/α-hetero) is 1. The first-order valence-electron chi connectivity index (χ1n) is 6.92. The molecule has 106 valence electrons. The lowest BCUT2D eigenvalue weighted by Crippen LogP contribution is -2.31. The van der Waals surface area contributed by atoms with Crippen molar-refractivity contribution in [2.45, 2.75) is 25.3 Å². The van der Waals surface area contributed by atoms with Gasteiger partial charge in [-0.25, -0.2) is 9.07 Å². The van der Waals surface area contributed by atoms with Crippen LogP contribution in [-0.4, -0.2) is 20.5 Å². The molecule has 2 heterocycles. The molecule has 1 aromatic carbocycles. The molecular weight excluding hydrogens is 271 g/mol. The summed E-state index contributed by atoms with van der Waals surface area (Å²) in [7, 11) is 0. The first kappa shape index (κ1) is 12.3. The monoisotopic (exact) mass is 284 g/mol. The molecule has 0 amide bonds. The standard InChI is InChI=1S/C15H13FN4O/c16-10-4-1-3-9(7-10)14-13-11(5-2-6-12(13)21)19-15-17-8-18-20(14)15/h1,3-4,7-8,14H,2,5-6H2,(H,17,18,19). The zero-order chi connectivity index (χ0) is 14.4. The summed E-state index contributed by atoms with van der Waals surface area (Å²) >= 11 is 0. The van der Waals surface area contributed by atoms with Crippen LogP contribution in [0, 0.1) is 5.82 Å². The van der Waals surface area contributed by atoms with Gasteiger partial charge in [0.05, 0.1) is 0 Å². The summed E-state index contributed by atoms with van der Waals surface area (Å²) in [5.74, 6) is 0.370. The van der Waals surface area contributed by atoms with Gasteiger partial charge in [-0.05, 0) is 30.5 Å². The minimum atomic E-state index is -0.401. The van der Waals surface area contributed by atoms with Crippen molar-refractivity contribution in [3.05, 3.63) is 53.2 Å². The highest BCUT2D eigenvalue weighted by Gasteiger charge is 2.36. The molecule has 5 nitrogen and oxygen atoms in total. The molecule has 2 aromatic rings. The Bertz CT molecular complexity index is 765. The molecular formula is C15H13FN4O. The van der Waals surface area contributed by atoms with Crippen molar-refractivity contribution >= 4 is 11.7 Å². The van der Waals surface area contributed by atoms with Crippen molar-refractivity contribution in [3.8, 4) is 0 Å². The van der Waals surface area contributed by atoms with Crippen molar-refractivity contribution < 1.29 is 9.18 Å². The van der Waals surface area contributed by atoms with Crippen LogP contribution in [0.2, 0.25) is 0 Å². The number of nitrogens with one attached hydrogen (secondary N) is 1. The summed E-state index contributed by atoms with van der Waals surface area (Å²) < 4.78 is 15.2. The average Bonchev–Trinajstić information content (AvgIpc) is 2.93. The molecule has 0 spiro atoms. The fourth-order valence-electron chi connectivity index (χ4n) is 3.08. The fraction of sp³-hybridized carbons (Fsp3) is 0.267. The number of nitrogens with zero attached hydrogens (tertiary/aromatic N) is 3. The molecule has 1 atom stereocenters. The maximum atomic E-state index is 13.6. The van der Waals surface area contributed by atoms with Crippen molar-refractivity contribution in [2.75, 3.05) is 5.32 Å². The smallest absolute Gasteiger partial charge is 0.226 e. The van der Waals surface area contributed by atoms with E-state index in [1.165, 1.54) is 18.5 Å². The number of anilines is 1. The summed E-state index contributed by atoms with van der Waals surface area (Å²) in [6.45, 7) is 0. The Labute approximate surface area is 120 Å². The molecule has 0 saturated heterocycles. The Kier molecular flexibility index (Phi) is 2.63. The van der Waals surface area contributed by atoms with Crippen molar-refractivity contribution in [1.82, 2.24) is 14.8 Å². The Morgan fingerprint density at radius 1 is 1.33 bits per heavy atom. The first-order valence-corrected chi connectivity index (χ1v) is 6.92. The van der Waals surface area contributed by atoms with Gasteiger partial charge in [-0.2, -0.15) is 10.1 Å². The number of ketones is 1. The van der Waals surface area contributed by atoms with Crippen LogP contribution in [0.5, 0.6) is 0 Å². The van der Waals surface area contributed by atoms with Gasteiger partial charge in [-0.15, -0.1) is 0 Å². The van der Waals surface area contributed by atoms with Gasteiger partial charge in [0, 0.05) is 17.7 Å². The average molecular weight is 284 g/mol. The van der Waals surface area contributed by atoms with Gasteiger partial charge in [0.25, 0.3) is 0 Å². The highest BCUT2D eigenvalue weighted by molar-refractivity contribution is 5.99. The Morgan fingerprint density at radius 2 is 2.24 bits per heavy atom. The minimum absolute atomic E-state index is 0.0964. The molecule has 1 aliphatic carbocycles. The third-order valence-electron chi connectivity index (χ3n) is 3.97. The largest absolute Gasteiger partial charge is 0.328 e. The Balaban J connectivity index is 1.93. The van der Waals surface area contributed by atoms with E-state index in [1.54, 1.807) is 10.7 Å². The van der Waals surface area contributed by atoms with Gasteiger partial charge in [0.15, 0.2) is 5.78 Å². The predicted octanol–water partition coefficient (Wildman–Crippen LogP) is 2.44. The molecule has 1 N–H and O–H groups in total. The quantitative estimate of drug-likeness (QED) is 0.873. The number of hydrogen-bond donors (Lipinski definition) is 1. The summed E-state index contributed by atoms with van der Waals surface area (Å²) in [5.41, 5.74) is 2.29. The zero-order valence-corrected chi connectivity index (χ0v) is 11.2. The third kappa shape index (κ3) is 1.86. The van der Waals surface area contributed by atoms with Crippen LogP contribution in [0.1, 0.15) is 30.9 Å². The van der Waals surface area contributed by atoms with Crippen LogP contribution >= 0.6 is 0 Å². The number of carbonyl (C=O) groups is 1. The van der Waals surface area contributed by atoms with Crippen LogP contribution in [0.4, 0.5) is 10.3 Å². The molecule has 0 radical (unpaired) electrons. The van der Waals surface area contributed by atoms with Gasteiger partial charge in [-0.1, -0.05) is 12.1 Å². The molecule has 4 rings (SSSR count). The number of halogens is 1. The summed E-state index contributed by atoms with van der Waals surface area (Å²) in [4.78, 5) is 16.5. The lowest BCUT2D eigenvalue weighted by Gasteiger charge is -2.32. The SMILES string of the molecule is O=C1CCCC2=C1C(c1cccc(F)c1)n1ncnc1N2. The van der Waals surface area contributed by atoms with Crippen LogP contribution in [-0.2, 0) is 4.79 Å². The lowest BCUT2D eigenvalue weighted by molar-refractivity contribution is -0.116. The fourth-order valence-corrected chi connectivity index (χ4v) is 3.08. The first-order chi connectivity index (χ1) is 10.2. The second-order valence-electron chi connectivity index (χ2n) is 5.28. The van der Waals surface area contributed by atoms with E-state index < -0.39 is 6.04 Å². The van der Waals surface area contributed by atoms with E-state index in [1.807, 2.05) is 6.07 Å². The molecule has 6 heteroatoms. The molecule has 1 aliphatic heterocycles. The minimum Gasteiger partial charge on any atom is -0.328 e.